The lowest BCUT2D eigenvalue weighted by Gasteiger charge is -2.15. The minimum absolute atomic E-state index is 0.220. The predicted molar refractivity (Wildman–Crippen MR) is 98.6 cm³/mol. The monoisotopic (exact) mass is 343 g/mol. The number of rotatable bonds is 9. The van der Waals surface area contributed by atoms with Crippen molar-refractivity contribution in [1.29, 1.82) is 0 Å². The van der Waals surface area contributed by atoms with Gasteiger partial charge in [0, 0.05) is 11.8 Å². The Bertz CT molecular complexity index is 670. The number of hydrogen-bond acceptors (Lipinski definition) is 4. The van der Waals surface area contributed by atoms with Crippen LogP contribution in [0.25, 0.3) is 0 Å². The SMILES string of the molecule is CCCCOc1ccc(NC(=O)C(C)Oc2cccc(OC)c2)cc1. The van der Waals surface area contributed by atoms with Crippen molar-refractivity contribution in [1.82, 2.24) is 0 Å². The first-order valence-electron chi connectivity index (χ1n) is 8.46. The standard InChI is InChI=1S/C20H25NO4/c1-4-5-13-24-17-11-9-16(10-12-17)21-20(22)15(2)25-19-8-6-7-18(14-19)23-3/h6-12,14-15H,4-5,13H2,1-3H3,(H,21,22). The summed E-state index contributed by atoms with van der Waals surface area (Å²) < 4.78 is 16.4. The van der Waals surface area contributed by atoms with Gasteiger partial charge in [0.15, 0.2) is 6.10 Å². The van der Waals surface area contributed by atoms with E-state index >= 15 is 0 Å². The van der Waals surface area contributed by atoms with Gasteiger partial charge in [-0.25, -0.2) is 0 Å². The summed E-state index contributed by atoms with van der Waals surface area (Å²) in [6.45, 7) is 4.53. The molecule has 0 heterocycles. The molecule has 0 saturated carbocycles. The Hall–Kier alpha value is -2.69. The van der Waals surface area contributed by atoms with Crippen molar-refractivity contribution >= 4 is 11.6 Å². The second-order valence-electron chi connectivity index (χ2n) is 5.65. The first-order valence-corrected chi connectivity index (χ1v) is 8.46. The molecule has 1 atom stereocenters. The molecule has 0 aromatic heterocycles. The summed E-state index contributed by atoms with van der Waals surface area (Å²) in [5.41, 5.74) is 0.703. The quantitative estimate of drug-likeness (QED) is 0.691. The van der Waals surface area contributed by atoms with E-state index in [0.29, 0.717) is 23.8 Å². The van der Waals surface area contributed by atoms with Crippen LogP contribution in [0.1, 0.15) is 26.7 Å². The Balaban J connectivity index is 1.87. The minimum atomic E-state index is -0.632. The summed E-state index contributed by atoms with van der Waals surface area (Å²) in [5.74, 6) is 1.85. The fraction of sp³-hybridized carbons (Fsp3) is 0.350. The Morgan fingerprint density at radius 1 is 1.08 bits per heavy atom. The predicted octanol–water partition coefficient (Wildman–Crippen LogP) is 4.28. The summed E-state index contributed by atoms with van der Waals surface area (Å²) in [5, 5.41) is 2.83. The average Bonchev–Trinajstić information content (AvgIpc) is 2.63. The third-order valence-corrected chi connectivity index (χ3v) is 3.61. The maximum Gasteiger partial charge on any atom is 0.265 e. The summed E-state index contributed by atoms with van der Waals surface area (Å²) in [4.78, 5) is 12.3. The van der Waals surface area contributed by atoms with Gasteiger partial charge < -0.3 is 19.5 Å². The van der Waals surface area contributed by atoms with E-state index < -0.39 is 6.10 Å². The smallest absolute Gasteiger partial charge is 0.265 e. The van der Waals surface area contributed by atoms with Crippen molar-refractivity contribution in [2.75, 3.05) is 19.0 Å². The summed E-state index contributed by atoms with van der Waals surface area (Å²) >= 11 is 0. The van der Waals surface area contributed by atoms with E-state index in [4.69, 9.17) is 14.2 Å². The fourth-order valence-electron chi connectivity index (χ4n) is 2.14. The van der Waals surface area contributed by atoms with E-state index in [1.54, 1.807) is 26.2 Å². The van der Waals surface area contributed by atoms with Gasteiger partial charge >= 0.3 is 0 Å². The maximum absolute atomic E-state index is 12.3. The summed E-state index contributed by atoms with van der Waals surface area (Å²) in [6.07, 6.45) is 1.49. The zero-order valence-corrected chi connectivity index (χ0v) is 15.0. The Morgan fingerprint density at radius 2 is 1.80 bits per heavy atom. The number of amides is 1. The van der Waals surface area contributed by atoms with Crippen LogP contribution in [-0.2, 0) is 4.79 Å². The molecule has 0 aliphatic carbocycles. The fourth-order valence-corrected chi connectivity index (χ4v) is 2.14. The number of carbonyl (C=O) groups is 1. The number of unbranched alkanes of at least 4 members (excludes halogenated alkanes) is 1. The van der Waals surface area contributed by atoms with Gasteiger partial charge in [0.05, 0.1) is 13.7 Å². The van der Waals surface area contributed by atoms with E-state index in [-0.39, 0.29) is 5.91 Å². The molecule has 5 heteroatoms. The lowest BCUT2D eigenvalue weighted by molar-refractivity contribution is -0.122. The molecule has 0 bridgehead atoms. The van der Waals surface area contributed by atoms with Gasteiger partial charge in [0.25, 0.3) is 5.91 Å². The molecule has 0 aliphatic rings. The van der Waals surface area contributed by atoms with Crippen molar-refractivity contribution in [2.45, 2.75) is 32.8 Å². The van der Waals surface area contributed by atoms with Crippen LogP contribution in [0.2, 0.25) is 0 Å². The van der Waals surface area contributed by atoms with Gasteiger partial charge in [0.2, 0.25) is 0 Å². The van der Waals surface area contributed by atoms with Crippen LogP contribution in [0.3, 0.4) is 0 Å². The van der Waals surface area contributed by atoms with E-state index in [0.717, 1.165) is 18.6 Å². The highest BCUT2D eigenvalue weighted by molar-refractivity contribution is 5.94. The molecule has 2 rings (SSSR count). The number of methoxy groups -OCH3 is 1. The number of benzene rings is 2. The maximum atomic E-state index is 12.3. The normalized spacial score (nSPS) is 11.5. The van der Waals surface area contributed by atoms with E-state index in [2.05, 4.69) is 12.2 Å². The Kier molecular flexibility index (Phi) is 7.14. The van der Waals surface area contributed by atoms with Gasteiger partial charge in [-0.2, -0.15) is 0 Å². The zero-order chi connectivity index (χ0) is 18.1. The van der Waals surface area contributed by atoms with Gasteiger partial charge in [-0.05, 0) is 49.7 Å². The number of ether oxygens (including phenoxy) is 3. The van der Waals surface area contributed by atoms with Gasteiger partial charge in [-0.15, -0.1) is 0 Å². The number of hydrogen-bond donors (Lipinski definition) is 1. The van der Waals surface area contributed by atoms with Crippen LogP contribution in [-0.4, -0.2) is 25.7 Å². The molecule has 2 aromatic rings. The number of carbonyl (C=O) groups excluding carboxylic acids is 1. The largest absolute Gasteiger partial charge is 0.497 e. The van der Waals surface area contributed by atoms with E-state index in [9.17, 15) is 4.79 Å². The van der Waals surface area contributed by atoms with E-state index in [1.165, 1.54) is 0 Å². The van der Waals surface area contributed by atoms with Crippen molar-refractivity contribution in [3.05, 3.63) is 48.5 Å². The summed E-state index contributed by atoms with van der Waals surface area (Å²) in [7, 11) is 1.59. The topological polar surface area (TPSA) is 56.8 Å². The highest BCUT2D eigenvalue weighted by atomic mass is 16.5. The zero-order valence-electron chi connectivity index (χ0n) is 15.0. The van der Waals surface area contributed by atoms with Crippen molar-refractivity contribution in [2.24, 2.45) is 0 Å². The average molecular weight is 343 g/mol. The van der Waals surface area contributed by atoms with Gasteiger partial charge in [-0.3, -0.25) is 4.79 Å². The Morgan fingerprint density at radius 3 is 2.48 bits per heavy atom. The van der Waals surface area contributed by atoms with Crippen LogP contribution in [0.4, 0.5) is 5.69 Å². The lowest BCUT2D eigenvalue weighted by atomic mass is 10.2. The van der Waals surface area contributed by atoms with Gasteiger partial charge in [0.1, 0.15) is 17.2 Å². The molecule has 1 N–H and O–H groups in total. The lowest BCUT2D eigenvalue weighted by Crippen LogP contribution is -2.30. The third kappa shape index (κ3) is 6.03. The molecule has 0 fully saturated rings. The van der Waals surface area contributed by atoms with Crippen LogP contribution in [0.15, 0.2) is 48.5 Å². The van der Waals surface area contributed by atoms with Crippen LogP contribution < -0.4 is 19.5 Å². The first kappa shape index (κ1) is 18.6. The second kappa shape index (κ2) is 9.57. The molecule has 0 radical (unpaired) electrons. The molecule has 134 valence electrons. The molecule has 0 saturated heterocycles. The molecule has 2 aromatic carbocycles. The molecular formula is C20H25NO4. The second-order valence-corrected chi connectivity index (χ2v) is 5.65. The highest BCUT2D eigenvalue weighted by Crippen LogP contribution is 2.21. The Labute approximate surface area is 148 Å². The molecular weight excluding hydrogens is 318 g/mol. The van der Waals surface area contributed by atoms with Crippen molar-refractivity contribution in [3.8, 4) is 17.2 Å². The molecule has 5 nitrogen and oxygen atoms in total. The van der Waals surface area contributed by atoms with Gasteiger partial charge in [-0.1, -0.05) is 19.4 Å². The van der Waals surface area contributed by atoms with Crippen LogP contribution in [0.5, 0.6) is 17.2 Å². The molecule has 1 amide bonds. The van der Waals surface area contributed by atoms with E-state index in [1.807, 2.05) is 36.4 Å². The van der Waals surface area contributed by atoms with Crippen molar-refractivity contribution in [3.63, 3.8) is 0 Å². The molecule has 1 unspecified atom stereocenters. The molecule has 0 aliphatic heterocycles. The number of nitrogens with one attached hydrogen (secondary N) is 1. The van der Waals surface area contributed by atoms with Crippen molar-refractivity contribution < 1.29 is 19.0 Å². The molecule has 0 spiro atoms. The van der Waals surface area contributed by atoms with Crippen LogP contribution >= 0.6 is 0 Å². The first-order chi connectivity index (χ1) is 12.1. The van der Waals surface area contributed by atoms with Crippen LogP contribution in [0, 0.1) is 0 Å². The minimum Gasteiger partial charge on any atom is -0.497 e. The summed E-state index contributed by atoms with van der Waals surface area (Å²) in [6, 6.07) is 14.5. The third-order valence-electron chi connectivity index (χ3n) is 3.61. The number of anilines is 1. The highest BCUT2D eigenvalue weighted by Gasteiger charge is 2.15. The molecule has 25 heavy (non-hydrogen) atoms.